The van der Waals surface area contributed by atoms with Gasteiger partial charge in [-0.2, -0.15) is 0 Å². The van der Waals surface area contributed by atoms with Crippen LogP contribution in [0.4, 0.5) is 0 Å². The molecule has 0 saturated carbocycles. The lowest BCUT2D eigenvalue weighted by atomic mass is 10.1. The summed E-state index contributed by atoms with van der Waals surface area (Å²) in [7, 11) is 1.55. The molecule has 0 aliphatic rings. The van der Waals surface area contributed by atoms with Gasteiger partial charge in [0, 0.05) is 5.39 Å². The van der Waals surface area contributed by atoms with Gasteiger partial charge < -0.3 is 20.0 Å². The van der Waals surface area contributed by atoms with Gasteiger partial charge in [0.05, 0.1) is 24.8 Å². The molecular formula is C12H14ClNO3. The van der Waals surface area contributed by atoms with E-state index in [4.69, 9.17) is 31.6 Å². The van der Waals surface area contributed by atoms with Crippen LogP contribution in [-0.4, -0.2) is 18.8 Å². The third kappa shape index (κ3) is 1.99. The molecule has 4 nitrogen and oxygen atoms in total. The molecule has 0 radical (unpaired) electrons. The maximum Gasteiger partial charge on any atom is 0.177 e. The standard InChI is InChI=1S/C12H14ClNO3/c1-6-3-8-11(13)7(9(14)5-15)4-10(16-2)12(8)17-6/h3-4,9,15H,5,14H2,1-2H3. The van der Waals surface area contributed by atoms with Crippen molar-refractivity contribution in [3.05, 3.63) is 28.5 Å². The summed E-state index contributed by atoms with van der Waals surface area (Å²) in [5, 5.41) is 10.4. The summed E-state index contributed by atoms with van der Waals surface area (Å²) in [5.74, 6) is 1.31. The predicted molar refractivity (Wildman–Crippen MR) is 66.5 cm³/mol. The second-order valence-electron chi connectivity index (χ2n) is 3.87. The second-order valence-corrected chi connectivity index (χ2v) is 4.25. The Bertz CT molecular complexity index is 550. The van der Waals surface area contributed by atoms with E-state index in [1.165, 1.54) is 0 Å². The Morgan fingerprint density at radius 1 is 1.53 bits per heavy atom. The van der Waals surface area contributed by atoms with Gasteiger partial charge in [0.2, 0.25) is 0 Å². The van der Waals surface area contributed by atoms with Crippen LogP contribution in [0.2, 0.25) is 5.02 Å². The molecule has 0 spiro atoms. The fourth-order valence-electron chi connectivity index (χ4n) is 1.81. The monoisotopic (exact) mass is 255 g/mol. The molecule has 0 aliphatic heterocycles. The lowest BCUT2D eigenvalue weighted by Crippen LogP contribution is -2.15. The number of fused-ring (bicyclic) bond motifs is 1. The van der Waals surface area contributed by atoms with Crippen molar-refractivity contribution in [2.75, 3.05) is 13.7 Å². The number of furan rings is 1. The first kappa shape index (κ1) is 12.2. The molecule has 0 bridgehead atoms. The zero-order valence-electron chi connectivity index (χ0n) is 9.66. The highest BCUT2D eigenvalue weighted by molar-refractivity contribution is 6.36. The highest BCUT2D eigenvalue weighted by Crippen LogP contribution is 2.38. The van der Waals surface area contributed by atoms with Crippen LogP contribution in [0, 0.1) is 6.92 Å². The zero-order chi connectivity index (χ0) is 12.6. The van der Waals surface area contributed by atoms with Crippen molar-refractivity contribution in [1.29, 1.82) is 0 Å². The van der Waals surface area contributed by atoms with E-state index in [9.17, 15) is 0 Å². The number of halogens is 1. The Labute approximate surface area is 104 Å². The van der Waals surface area contributed by atoms with E-state index in [0.717, 1.165) is 11.1 Å². The van der Waals surface area contributed by atoms with Gasteiger partial charge in [0.1, 0.15) is 5.76 Å². The molecule has 92 valence electrons. The van der Waals surface area contributed by atoms with Crippen LogP contribution in [0.1, 0.15) is 17.4 Å². The van der Waals surface area contributed by atoms with Crippen LogP contribution in [0.15, 0.2) is 16.5 Å². The van der Waals surface area contributed by atoms with E-state index in [1.54, 1.807) is 13.2 Å². The first-order valence-corrected chi connectivity index (χ1v) is 5.59. The maximum absolute atomic E-state index is 9.11. The summed E-state index contributed by atoms with van der Waals surface area (Å²) in [6.07, 6.45) is 0. The smallest absolute Gasteiger partial charge is 0.177 e. The maximum atomic E-state index is 9.11. The van der Waals surface area contributed by atoms with Crippen LogP contribution in [-0.2, 0) is 0 Å². The van der Waals surface area contributed by atoms with Crippen molar-refractivity contribution in [3.8, 4) is 5.75 Å². The third-order valence-corrected chi connectivity index (χ3v) is 3.09. The number of aryl methyl sites for hydroxylation is 1. The molecule has 1 atom stereocenters. The van der Waals surface area contributed by atoms with Gasteiger partial charge in [0.25, 0.3) is 0 Å². The molecule has 2 aromatic rings. The molecule has 5 heteroatoms. The largest absolute Gasteiger partial charge is 0.493 e. The average molecular weight is 256 g/mol. The van der Waals surface area contributed by atoms with Gasteiger partial charge in [-0.05, 0) is 24.6 Å². The molecule has 2 rings (SSSR count). The van der Waals surface area contributed by atoms with Crippen LogP contribution in [0.25, 0.3) is 11.0 Å². The molecule has 1 aromatic carbocycles. The summed E-state index contributed by atoms with van der Waals surface area (Å²) in [6, 6.07) is 3.00. The van der Waals surface area contributed by atoms with Crippen LogP contribution in [0.5, 0.6) is 5.75 Å². The van der Waals surface area contributed by atoms with Gasteiger partial charge in [-0.1, -0.05) is 11.6 Å². The van der Waals surface area contributed by atoms with Gasteiger partial charge >= 0.3 is 0 Å². The SMILES string of the molecule is COc1cc(C(N)CO)c(Cl)c2cc(C)oc12. The Kier molecular flexibility index (Phi) is 3.28. The number of hydrogen-bond donors (Lipinski definition) is 2. The van der Waals surface area contributed by atoms with E-state index in [1.807, 2.05) is 13.0 Å². The molecule has 3 N–H and O–H groups in total. The highest BCUT2D eigenvalue weighted by Gasteiger charge is 2.18. The third-order valence-electron chi connectivity index (χ3n) is 2.67. The number of nitrogens with two attached hydrogens (primary N) is 1. The van der Waals surface area contributed by atoms with Crippen LogP contribution in [0.3, 0.4) is 0 Å². The first-order valence-electron chi connectivity index (χ1n) is 5.21. The minimum atomic E-state index is -0.531. The van der Waals surface area contributed by atoms with Crippen molar-refractivity contribution < 1.29 is 14.3 Å². The molecular weight excluding hydrogens is 242 g/mol. The normalized spacial score (nSPS) is 13.0. The number of aliphatic hydroxyl groups excluding tert-OH is 1. The van der Waals surface area contributed by atoms with Gasteiger partial charge in [-0.3, -0.25) is 0 Å². The number of benzene rings is 1. The van der Waals surface area contributed by atoms with Crippen LogP contribution < -0.4 is 10.5 Å². The predicted octanol–water partition coefficient (Wildman–Crippen LogP) is 2.40. The summed E-state index contributed by atoms with van der Waals surface area (Å²) in [5.41, 5.74) is 7.05. The van der Waals surface area contributed by atoms with Gasteiger partial charge in [-0.15, -0.1) is 0 Å². The minimum Gasteiger partial charge on any atom is -0.493 e. The van der Waals surface area contributed by atoms with Gasteiger partial charge in [0.15, 0.2) is 11.3 Å². The zero-order valence-corrected chi connectivity index (χ0v) is 10.4. The number of ether oxygens (including phenoxy) is 1. The van der Waals surface area contributed by atoms with Crippen LogP contribution >= 0.6 is 11.6 Å². The van der Waals surface area contributed by atoms with Crippen molar-refractivity contribution in [2.24, 2.45) is 5.73 Å². The van der Waals surface area contributed by atoms with Crippen molar-refractivity contribution in [3.63, 3.8) is 0 Å². The summed E-state index contributed by atoms with van der Waals surface area (Å²) < 4.78 is 10.8. The molecule has 1 heterocycles. The van der Waals surface area contributed by atoms with Crippen molar-refractivity contribution in [2.45, 2.75) is 13.0 Å². The Morgan fingerprint density at radius 3 is 2.82 bits per heavy atom. The lowest BCUT2D eigenvalue weighted by molar-refractivity contribution is 0.268. The molecule has 0 saturated heterocycles. The fraction of sp³-hybridized carbons (Fsp3) is 0.333. The lowest BCUT2D eigenvalue weighted by Gasteiger charge is -2.13. The topological polar surface area (TPSA) is 68.6 Å². The van der Waals surface area contributed by atoms with E-state index >= 15 is 0 Å². The number of rotatable bonds is 3. The Balaban J connectivity index is 2.75. The van der Waals surface area contributed by atoms with Gasteiger partial charge in [-0.25, -0.2) is 0 Å². The first-order chi connectivity index (χ1) is 8.08. The van der Waals surface area contributed by atoms with Crippen molar-refractivity contribution in [1.82, 2.24) is 0 Å². The van der Waals surface area contributed by atoms with E-state index in [0.29, 0.717) is 21.9 Å². The Morgan fingerprint density at radius 2 is 2.24 bits per heavy atom. The van der Waals surface area contributed by atoms with Crippen molar-refractivity contribution >= 4 is 22.6 Å². The number of aliphatic hydroxyl groups is 1. The summed E-state index contributed by atoms with van der Waals surface area (Å²) >= 11 is 6.25. The minimum absolute atomic E-state index is 0.175. The average Bonchev–Trinajstić information content (AvgIpc) is 2.71. The molecule has 1 unspecified atom stereocenters. The van der Waals surface area contributed by atoms with E-state index < -0.39 is 6.04 Å². The second kappa shape index (κ2) is 4.56. The molecule has 0 fully saturated rings. The van der Waals surface area contributed by atoms with E-state index in [2.05, 4.69) is 0 Å². The number of methoxy groups -OCH3 is 1. The number of hydrogen-bond acceptors (Lipinski definition) is 4. The van der Waals surface area contributed by atoms with E-state index in [-0.39, 0.29) is 6.61 Å². The highest BCUT2D eigenvalue weighted by atomic mass is 35.5. The summed E-state index contributed by atoms with van der Waals surface area (Å²) in [4.78, 5) is 0. The molecule has 0 amide bonds. The fourth-order valence-corrected chi connectivity index (χ4v) is 2.14. The molecule has 0 aliphatic carbocycles. The quantitative estimate of drug-likeness (QED) is 0.884. The summed E-state index contributed by atoms with van der Waals surface area (Å²) in [6.45, 7) is 1.66. The molecule has 17 heavy (non-hydrogen) atoms. The molecule has 1 aromatic heterocycles. The Hall–Kier alpha value is -1.23.